The number of rotatable bonds is 6. The van der Waals surface area contributed by atoms with Crippen LogP contribution in [0, 0.1) is 0 Å². The maximum absolute atomic E-state index is 12.5. The molecular weight excluding hydrogens is 289 g/mol. The smallest absolute Gasteiger partial charge is 0.406 e. The molecule has 0 bridgehead atoms. The van der Waals surface area contributed by atoms with E-state index in [9.17, 15) is 22.8 Å². The fourth-order valence-corrected chi connectivity index (χ4v) is 1.74. The normalized spacial score (nSPS) is 12.8. The Morgan fingerprint density at radius 2 is 1.81 bits per heavy atom. The molecule has 116 valence electrons. The molecule has 1 atom stereocenters. The molecule has 0 aromatic heterocycles. The van der Waals surface area contributed by atoms with Gasteiger partial charge in [0.25, 0.3) is 0 Å². The van der Waals surface area contributed by atoms with Gasteiger partial charge in [-0.2, -0.15) is 13.2 Å². The van der Waals surface area contributed by atoms with E-state index in [2.05, 4.69) is 0 Å². The zero-order valence-electron chi connectivity index (χ0n) is 11.0. The standard InChI is InChI=1S/C13H15F3N2O3/c14-13(15,16)8-18(7-9-4-2-1-3-5-9)12(21)10(17)6-11(19)20/h1-5,10H,6-8,17H2,(H,19,20). The third-order valence-corrected chi connectivity index (χ3v) is 2.61. The number of hydrogen-bond donors (Lipinski definition) is 2. The molecule has 1 amide bonds. The van der Waals surface area contributed by atoms with Crippen LogP contribution in [0.3, 0.4) is 0 Å². The van der Waals surface area contributed by atoms with Crippen molar-refractivity contribution in [2.45, 2.75) is 25.2 Å². The maximum Gasteiger partial charge on any atom is 0.406 e. The van der Waals surface area contributed by atoms with Crippen molar-refractivity contribution in [3.05, 3.63) is 35.9 Å². The fourth-order valence-electron chi connectivity index (χ4n) is 1.74. The van der Waals surface area contributed by atoms with E-state index < -0.39 is 37.1 Å². The molecule has 1 aromatic carbocycles. The lowest BCUT2D eigenvalue weighted by Crippen LogP contribution is -2.47. The van der Waals surface area contributed by atoms with Crippen LogP contribution in [0.5, 0.6) is 0 Å². The van der Waals surface area contributed by atoms with Crippen molar-refractivity contribution in [2.24, 2.45) is 5.73 Å². The van der Waals surface area contributed by atoms with Crippen LogP contribution in [0.1, 0.15) is 12.0 Å². The number of carbonyl (C=O) groups excluding carboxylic acids is 1. The number of aliphatic carboxylic acids is 1. The van der Waals surface area contributed by atoms with Crippen molar-refractivity contribution in [1.29, 1.82) is 0 Å². The van der Waals surface area contributed by atoms with E-state index in [-0.39, 0.29) is 6.54 Å². The summed E-state index contributed by atoms with van der Waals surface area (Å²) in [5, 5.41) is 8.56. The summed E-state index contributed by atoms with van der Waals surface area (Å²) in [5.41, 5.74) is 5.85. The van der Waals surface area contributed by atoms with Gasteiger partial charge < -0.3 is 15.7 Å². The quantitative estimate of drug-likeness (QED) is 0.831. The minimum atomic E-state index is -4.59. The highest BCUT2D eigenvalue weighted by molar-refractivity contribution is 5.86. The monoisotopic (exact) mass is 304 g/mol. The number of benzene rings is 1. The van der Waals surface area contributed by atoms with Crippen molar-refractivity contribution >= 4 is 11.9 Å². The molecule has 0 radical (unpaired) electrons. The molecule has 1 unspecified atom stereocenters. The zero-order valence-corrected chi connectivity index (χ0v) is 11.0. The summed E-state index contributed by atoms with van der Waals surface area (Å²) < 4.78 is 37.6. The number of carboxylic acid groups (broad SMARTS) is 1. The maximum atomic E-state index is 12.5. The van der Waals surface area contributed by atoms with Gasteiger partial charge in [-0.15, -0.1) is 0 Å². The first-order valence-electron chi connectivity index (χ1n) is 6.06. The summed E-state index contributed by atoms with van der Waals surface area (Å²) in [7, 11) is 0. The molecule has 1 aromatic rings. The van der Waals surface area contributed by atoms with Crippen molar-refractivity contribution < 1.29 is 27.9 Å². The van der Waals surface area contributed by atoms with E-state index in [0.29, 0.717) is 10.5 Å². The molecular formula is C13H15F3N2O3. The van der Waals surface area contributed by atoms with E-state index in [0.717, 1.165) is 0 Å². The molecule has 0 aliphatic heterocycles. The van der Waals surface area contributed by atoms with Crippen LogP contribution in [0.15, 0.2) is 30.3 Å². The Labute approximate surface area is 119 Å². The van der Waals surface area contributed by atoms with Crippen LogP contribution in [-0.2, 0) is 16.1 Å². The van der Waals surface area contributed by atoms with Crippen molar-refractivity contribution in [2.75, 3.05) is 6.54 Å². The van der Waals surface area contributed by atoms with Gasteiger partial charge in [0.05, 0.1) is 12.5 Å². The summed E-state index contributed by atoms with van der Waals surface area (Å²) in [4.78, 5) is 22.9. The summed E-state index contributed by atoms with van der Waals surface area (Å²) in [5.74, 6) is -2.39. The Balaban J connectivity index is 2.86. The second kappa shape index (κ2) is 7.07. The average Bonchev–Trinajstić information content (AvgIpc) is 2.36. The van der Waals surface area contributed by atoms with Gasteiger partial charge in [0, 0.05) is 6.54 Å². The Morgan fingerprint density at radius 1 is 1.24 bits per heavy atom. The predicted octanol–water partition coefficient (Wildman–Crippen LogP) is 1.38. The first-order valence-corrected chi connectivity index (χ1v) is 6.06. The largest absolute Gasteiger partial charge is 0.481 e. The summed E-state index contributed by atoms with van der Waals surface area (Å²) in [6, 6.07) is 6.58. The Morgan fingerprint density at radius 3 is 2.29 bits per heavy atom. The number of hydrogen-bond acceptors (Lipinski definition) is 3. The van der Waals surface area contributed by atoms with Gasteiger partial charge >= 0.3 is 12.1 Å². The predicted molar refractivity (Wildman–Crippen MR) is 68.1 cm³/mol. The SMILES string of the molecule is NC(CC(=O)O)C(=O)N(Cc1ccccc1)CC(F)(F)F. The minimum Gasteiger partial charge on any atom is -0.481 e. The summed E-state index contributed by atoms with van der Waals surface area (Å²) >= 11 is 0. The van der Waals surface area contributed by atoms with Crippen molar-refractivity contribution in [3.8, 4) is 0 Å². The van der Waals surface area contributed by atoms with Crippen LogP contribution < -0.4 is 5.73 Å². The molecule has 0 aliphatic carbocycles. The second-order valence-electron chi connectivity index (χ2n) is 4.50. The van der Waals surface area contributed by atoms with Crippen molar-refractivity contribution in [1.82, 2.24) is 4.90 Å². The first kappa shape index (κ1) is 17.0. The Kier molecular flexibility index (Phi) is 5.71. The highest BCUT2D eigenvalue weighted by Crippen LogP contribution is 2.19. The number of halogens is 3. The van der Waals surface area contributed by atoms with Crippen LogP contribution >= 0.6 is 0 Å². The molecule has 8 heteroatoms. The van der Waals surface area contributed by atoms with E-state index in [1.54, 1.807) is 30.3 Å². The number of nitrogens with two attached hydrogens (primary N) is 1. The lowest BCUT2D eigenvalue weighted by Gasteiger charge is -2.26. The Hall–Kier alpha value is -2.09. The zero-order chi connectivity index (χ0) is 16.0. The molecule has 1 rings (SSSR count). The van der Waals surface area contributed by atoms with Gasteiger partial charge in [-0.3, -0.25) is 9.59 Å². The molecule has 0 aliphatic rings. The van der Waals surface area contributed by atoms with Crippen LogP contribution in [0.2, 0.25) is 0 Å². The third kappa shape index (κ3) is 6.26. The van der Waals surface area contributed by atoms with Gasteiger partial charge in [0.2, 0.25) is 5.91 Å². The number of amides is 1. The van der Waals surface area contributed by atoms with Crippen LogP contribution in [-0.4, -0.2) is 40.6 Å². The summed E-state index contributed by atoms with van der Waals surface area (Å²) in [6.07, 6.45) is -5.31. The lowest BCUT2D eigenvalue weighted by molar-refractivity contribution is -0.163. The highest BCUT2D eigenvalue weighted by Gasteiger charge is 2.35. The van der Waals surface area contributed by atoms with Crippen molar-refractivity contribution in [3.63, 3.8) is 0 Å². The van der Waals surface area contributed by atoms with E-state index in [1.165, 1.54) is 0 Å². The van der Waals surface area contributed by atoms with E-state index >= 15 is 0 Å². The second-order valence-corrected chi connectivity index (χ2v) is 4.50. The highest BCUT2D eigenvalue weighted by atomic mass is 19.4. The molecule has 0 spiro atoms. The molecule has 3 N–H and O–H groups in total. The van der Waals surface area contributed by atoms with Crippen LogP contribution in [0.25, 0.3) is 0 Å². The van der Waals surface area contributed by atoms with Crippen LogP contribution in [0.4, 0.5) is 13.2 Å². The van der Waals surface area contributed by atoms with Gasteiger partial charge in [-0.1, -0.05) is 30.3 Å². The van der Waals surface area contributed by atoms with E-state index in [4.69, 9.17) is 10.8 Å². The number of carbonyl (C=O) groups is 2. The molecule has 0 heterocycles. The van der Waals surface area contributed by atoms with Gasteiger partial charge in [-0.05, 0) is 5.56 Å². The molecule has 21 heavy (non-hydrogen) atoms. The summed E-state index contributed by atoms with van der Waals surface area (Å²) in [6.45, 7) is -1.76. The number of carboxylic acids is 1. The third-order valence-electron chi connectivity index (χ3n) is 2.61. The average molecular weight is 304 g/mol. The lowest BCUT2D eigenvalue weighted by atomic mass is 10.1. The molecule has 0 saturated heterocycles. The number of alkyl halides is 3. The molecule has 0 saturated carbocycles. The van der Waals surface area contributed by atoms with Gasteiger partial charge in [-0.25, -0.2) is 0 Å². The number of nitrogens with zero attached hydrogens (tertiary/aromatic N) is 1. The first-order chi connectivity index (χ1) is 9.69. The minimum absolute atomic E-state index is 0.285. The van der Waals surface area contributed by atoms with Gasteiger partial charge in [0.1, 0.15) is 6.54 Å². The fraction of sp³-hybridized carbons (Fsp3) is 0.385. The van der Waals surface area contributed by atoms with E-state index in [1.807, 2.05) is 0 Å². The van der Waals surface area contributed by atoms with Gasteiger partial charge in [0.15, 0.2) is 0 Å². The topological polar surface area (TPSA) is 83.6 Å². The Bertz CT molecular complexity index is 491. The molecule has 0 fully saturated rings. The molecule has 5 nitrogen and oxygen atoms in total.